The molecule has 1 unspecified atom stereocenters. The third-order valence-corrected chi connectivity index (χ3v) is 11.0. The molecule has 0 radical (unpaired) electrons. The van der Waals surface area contributed by atoms with E-state index in [1.165, 1.54) is 87.9 Å². The van der Waals surface area contributed by atoms with Gasteiger partial charge in [-0.3, -0.25) is 0 Å². The van der Waals surface area contributed by atoms with Crippen molar-refractivity contribution in [3.8, 4) is 22.3 Å². The predicted octanol–water partition coefficient (Wildman–Crippen LogP) is 14.2. The molecule has 0 N–H and O–H groups in total. The number of anilines is 2. The zero-order chi connectivity index (χ0) is 35.1. The lowest BCUT2D eigenvalue weighted by Gasteiger charge is -2.33. The van der Waals surface area contributed by atoms with Gasteiger partial charge in [-0.15, -0.1) is 0 Å². The molecular weight excluding hydrogens is 639 g/mol. The minimum Gasteiger partial charge on any atom is -0.334 e. The zero-order valence-electron chi connectivity index (χ0n) is 29.4. The second-order valence-corrected chi connectivity index (χ2v) is 14.0. The van der Waals surface area contributed by atoms with E-state index in [1.807, 2.05) is 0 Å². The van der Waals surface area contributed by atoms with Gasteiger partial charge in [-0.1, -0.05) is 170 Å². The highest BCUT2D eigenvalue weighted by Crippen LogP contribution is 2.40. The molecule has 0 bridgehead atoms. The van der Waals surface area contributed by atoms with E-state index in [1.54, 1.807) is 0 Å². The summed E-state index contributed by atoms with van der Waals surface area (Å²) in [4.78, 5) is 2.50. The Labute approximate surface area is 310 Å². The maximum absolute atomic E-state index is 2.50. The van der Waals surface area contributed by atoms with Crippen molar-refractivity contribution in [1.29, 1.82) is 0 Å². The van der Waals surface area contributed by atoms with E-state index >= 15 is 0 Å². The fourth-order valence-corrected chi connectivity index (χ4v) is 8.37. The van der Waals surface area contributed by atoms with E-state index in [4.69, 9.17) is 0 Å². The molecule has 0 saturated heterocycles. The Hall–Kier alpha value is -6.70. The highest BCUT2D eigenvalue weighted by molar-refractivity contribution is 6.15. The lowest BCUT2D eigenvalue weighted by Crippen LogP contribution is -2.30. The Morgan fingerprint density at radius 3 is 1.28 bits per heavy atom. The van der Waals surface area contributed by atoms with E-state index in [0.29, 0.717) is 0 Å². The van der Waals surface area contributed by atoms with Crippen LogP contribution in [0.1, 0.15) is 12.0 Å². The average molecular weight is 676 g/mol. The minimum atomic E-state index is 0.169. The standard InChI is InChI=1S/C52H37N/c1-2-12-36(13-3-1)37-22-28-42(29-23-37)53(43-30-24-38(25-31-43)51-34-40-14-4-6-16-45(40)47-18-8-10-20-49(47)51)44-32-26-39(27-33-44)52-35-41-15-5-7-17-46(41)48-19-9-11-21-50(48)52/h1-28,30-35,42H,29H2. The van der Waals surface area contributed by atoms with Gasteiger partial charge in [-0.05, 0) is 119 Å². The first-order valence-corrected chi connectivity index (χ1v) is 18.5. The van der Waals surface area contributed by atoms with E-state index < -0.39 is 0 Å². The molecule has 9 aromatic carbocycles. The summed E-state index contributed by atoms with van der Waals surface area (Å²) >= 11 is 0. The third-order valence-electron chi connectivity index (χ3n) is 11.0. The number of rotatable bonds is 6. The number of hydrogen-bond donors (Lipinski definition) is 0. The van der Waals surface area contributed by atoms with Crippen LogP contribution in [0.25, 0.3) is 70.9 Å². The molecule has 1 aliphatic rings. The molecule has 0 saturated carbocycles. The summed E-state index contributed by atoms with van der Waals surface area (Å²) < 4.78 is 0. The number of nitrogens with zero attached hydrogens (tertiary/aromatic N) is 1. The summed E-state index contributed by atoms with van der Waals surface area (Å²) in [5, 5.41) is 10.3. The van der Waals surface area contributed by atoms with E-state index in [9.17, 15) is 0 Å². The molecule has 250 valence electrons. The maximum Gasteiger partial charge on any atom is 0.0560 e. The van der Waals surface area contributed by atoms with Crippen molar-refractivity contribution >= 4 is 60.0 Å². The molecular formula is C52H37N. The van der Waals surface area contributed by atoms with Crippen LogP contribution in [0.2, 0.25) is 0 Å². The molecule has 0 heterocycles. The van der Waals surface area contributed by atoms with Crippen molar-refractivity contribution in [3.05, 3.63) is 212 Å². The van der Waals surface area contributed by atoms with Crippen LogP contribution >= 0.6 is 0 Å². The van der Waals surface area contributed by atoms with Crippen molar-refractivity contribution in [2.75, 3.05) is 4.90 Å². The Morgan fingerprint density at radius 2 is 0.811 bits per heavy atom. The molecule has 0 fully saturated rings. The van der Waals surface area contributed by atoms with Crippen LogP contribution in [-0.2, 0) is 0 Å². The summed E-state index contributed by atoms with van der Waals surface area (Å²) in [6, 6.07) is 68.9. The van der Waals surface area contributed by atoms with Crippen LogP contribution in [0.4, 0.5) is 11.4 Å². The number of fused-ring (bicyclic) bond motifs is 6. The van der Waals surface area contributed by atoms with Crippen LogP contribution < -0.4 is 4.90 Å². The monoisotopic (exact) mass is 675 g/mol. The largest absolute Gasteiger partial charge is 0.334 e. The van der Waals surface area contributed by atoms with Gasteiger partial charge in [0, 0.05) is 11.4 Å². The van der Waals surface area contributed by atoms with Gasteiger partial charge in [0.1, 0.15) is 0 Å². The summed E-state index contributed by atoms with van der Waals surface area (Å²) in [5.74, 6) is 0. The van der Waals surface area contributed by atoms with E-state index in [-0.39, 0.29) is 6.04 Å². The lowest BCUT2D eigenvalue weighted by molar-refractivity contribution is 0.787. The number of hydrogen-bond acceptors (Lipinski definition) is 1. The van der Waals surface area contributed by atoms with Crippen LogP contribution in [0.3, 0.4) is 0 Å². The van der Waals surface area contributed by atoms with Crippen molar-refractivity contribution in [2.24, 2.45) is 0 Å². The summed E-state index contributed by atoms with van der Waals surface area (Å²) in [6.07, 6.45) is 7.96. The lowest BCUT2D eigenvalue weighted by atomic mass is 9.92. The zero-order valence-corrected chi connectivity index (χ0v) is 29.4. The summed E-state index contributed by atoms with van der Waals surface area (Å²) in [7, 11) is 0. The molecule has 1 aliphatic carbocycles. The Morgan fingerprint density at radius 1 is 0.377 bits per heavy atom. The van der Waals surface area contributed by atoms with E-state index in [0.717, 1.165) is 6.42 Å². The van der Waals surface area contributed by atoms with Gasteiger partial charge in [-0.25, -0.2) is 0 Å². The number of benzene rings is 9. The normalized spacial score (nSPS) is 14.2. The highest BCUT2D eigenvalue weighted by Gasteiger charge is 2.22. The quantitative estimate of drug-likeness (QED) is 0.159. The Kier molecular flexibility index (Phi) is 7.69. The SMILES string of the molecule is C1=CC(N(c2ccc(-c3cc4ccccc4c4ccccc34)cc2)c2ccc(-c3cc4ccccc4c4ccccc34)cc2)CC=C1c1ccccc1. The maximum atomic E-state index is 2.50. The van der Waals surface area contributed by atoms with Crippen molar-refractivity contribution in [3.63, 3.8) is 0 Å². The van der Waals surface area contributed by atoms with Crippen molar-refractivity contribution in [2.45, 2.75) is 12.5 Å². The van der Waals surface area contributed by atoms with Gasteiger partial charge in [0.2, 0.25) is 0 Å². The van der Waals surface area contributed by atoms with Gasteiger partial charge in [-0.2, -0.15) is 0 Å². The van der Waals surface area contributed by atoms with Gasteiger partial charge < -0.3 is 4.90 Å². The fraction of sp³-hybridized carbons (Fsp3) is 0.0385. The fourth-order valence-electron chi connectivity index (χ4n) is 8.37. The topological polar surface area (TPSA) is 3.24 Å². The first-order valence-electron chi connectivity index (χ1n) is 18.5. The molecule has 0 amide bonds. The molecule has 53 heavy (non-hydrogen) atoms. The van der Waals surface area contributed by atoms with Crippen molar-refractivity contribution in [1.82, 2.24) is 0 Å². The van der Waals surface area contributed by atoms with Gasteiger partial charge in [0.15, 0.2) is 0 Å². The van der Waals surface area contributed by atoms with Crippen molar-refractivity contribution < 1.29 is 0 Å². The first kappa shape index (κ1) is 31.1. The average Bonchev–Trinajstić information content (AvgIpc) is 3.24. The van der Waals surface area contributed by atoms with Gasteiger partial charge in [0.25, 0.3) is 0 Å². The second-order valence-electron chi connectivity index (χ2n) is 14.0. The molecule has 1 heteroatoms. The Bertz CT molecular complexity index is 2680. The second kappa shape index (κ2) is 13.1. The predicted molar refractivity (Wildman–Crippen MR) is 228 cm³/mol. The van der Waals surface area contributed by atoms with Gasteiger partial charge >= 0.3 is 0 Å². The molecule has 0 aliphatic heterocycles. The molecule has 0 spiro atoms. The molecule has 9 aromatic rings. The van der Waals surface area contributed by atoms with Gasteiger partial charge in [0.05, 0.1) is 6.04 Å². The van der Waals surface area contributed by atoms with Crippen LogP contribution in [0.15, 0.2) is 206 Å². The molecule has 0 aromatic heterocycles. The summed E-state index contributed by atoms with van der Waals surface area (Å²) in [6.45, 7) is 0. The molecule has 1 nitrogen and oxygen atoms in total. The van der Waals surface area contributed by atoms with Crippen LogP contribution in [0.5, 0.6) is 0 Å². The first-order chi connectivity index (χ1) is 26.3. The van der Waals surface area contributed by atoms with E-state index in [2.05, 4.69) is 211 Å². The molecule has 10 rings (SSSR count). The number of allylic oxidation sites excluding steroid dienone is 2. The molecule has 1 atom stereocenters. The highest BCUT2D eigenvalue weighted by atomic mass is 15.2. The van der Waals surface area contributed by atoms with Crippen LogP contribution in [0, 0.1) is 0 Å². The Balaban J connectivity index is 1.05. The third kappa shape index (κ3) is 5.59. The van der Waals surface area contributed by atoms with Crippen LogP contribution in [-0.4, -0.2) is 6.04 Å². The minimum absolute atomic E-state index is 0.169. The smallest absolute Gasteiger partial charge is 0.0560 e. The summed E-state index contributed by atoms with van der Waals surface area (Å²) in [5.41, 5.74) is 9.85.